The van der Waals surface area contributed by atoms with Crippen LogP contribution in [-0.4, -0.2) is 21.6 Å². The van der Waals surface area contributed by atoms with E-state index in [1.165, 1.54) is 11.1 Å². The van der Waals surface area contributed by atoms with Gasteiger partial charge in [-0.15, -0.1) is 0 Å². The number of aryl methyl sites for hydroxylation is 2. The maximum absolute atomic E-state index is 8.85. The van der Waals surface area contributed by atoms with Gasteiger partial charge in [-0.05, 0) is 129 Å². The first-order valence-corrected chi connectivity index (χ1v) is 21.4. The van der Waals surface area contributed by atoms with Crippen molar-refractivity contribution in [2.24, 2.45) is 0 Å². The summed E-state index contributed by atoms with van der Waals surface area (Å²) in [6, 6.07) is 34.1. The van der Waals surface area contributed by atoms with Crippen LogP contribution >= 0.6 is 0 Å². The number of nitrogens with zero attached hydrogens (tertiary/aromatic N) is 3. The fourth-order valence-corrected chi connectivity index (χ4v) is 8.29. The van der Waals surface area contributed by atoms with Crippen LogP contribution in [0.4, 0.5) is 0 Å². The Kier molecular flexibility index (Phi) is 8.80. The number of methoxy groups -OCH3 is 1. The average Bonchev–Trinajstić information content (AvgIpc) is 3.66. The first-order valence-electron chi connectivity index (χ1n) is 24.9. The highest BCUT2D eigenvalue weighted by Gasteiger charge is 2.26. The quantitative estimate of drug-likeness (QED) is 0.161. The van der Waals surface area contributed by atoms with Crippen molar-refractivity contribution in [1.82, 2.24) is 14.5 Å². The second-order valence-corrected chi connectivity index (χ2v) is 19.6. The van der Waals surface area contributed by atoms with E-state index in [0.717, 1.165) is 78.4 Å². The van der Waals surface area contributed by atoms with Crippen molar-refractivity contribution in [2.75, 3.05) is 7.11 Å². The molecular weight excluding hydrogens is 755 g/mol. The molecule has 2 aromatic heterocycles. The van der Waals surface area contributed by atoms with Crippen molar-refractivity contribution < 1.29 is 14.3 Å². The summed E-state index contributed by atoms with van der Waals surface area (Å²) in [5.74, 6) is 1.49. The summed E-state index contributed by atoms with van der Waals surface area (Å²) >= 11 is 0. The SMILES string of the molecule is [2H]c1c([2H])c(C([2H])([2H])[2H])c([2H])c([2H])c1-c1ccnc(-c2cc(-c3cccc4c3nc(-c3cc(C)cc(C)c3OC)n4-c3cc(C(C)(C)C)ccc3-c3ccc(C(C)(C)C)cc3)cc(C(C)(C)C)c2)c1. The van der Waals surface area contributed by atoms with Gasteiger partial charge in [0.15, 0.2) is 0 Å². The van der Waals surface area contributed by atoms with Crippen molar-refractivity contribution in [3.8, 4) is 67.5 Å². The van der Waals surface area contributed by atoms with E-state index in [2.05, 4.69) is 172 Å². The van der Waals surface area contributed by atoms with Gasteiger partial charge in [0.1, 0.15) is 11.6 Å². The Morgan fingerprint density at radius 1 is 0.565 bits per heavy atom. The Morgan fingerprint density at radius 2 is 1.24 bits per heavy atom. The van der Waals surface area contributed by atoms with E-state index in [0.29, 0.717) is 11.3 Å². The largest absolute Gasteiger partial charge is 0.496 e. The fraction of sp³-hybridized carbons (Fsp3) is 0.276. The van der Waals surface area contributed by atoms with Crippen LogP contribution in [0.15, 0.2) is 133 Å². The number of aromatic nitrogens is 3. The van der Waals surface area contributed by atoms with Crippen LogP contribution in [-0.2, 0) is 16.2 Å². The van der Waals surface area contributed by atoms with Crippen molar-refractivity contribution >= 4 is 11.0 Å². The number of hydrogen-bond donors (Lipinski definition) is 0. The number of rotatable bonds is 7. The van der Waals surface area contributed by atoms with Gasteiger partial charge in [-0.1, -0.05) is 153 Å². The van der Waals surface area contributed by atoms with E-state index in [4.69, 9.17) is 24.3 Å². The van der Waals surface area contributed by atoms with E-state index >= 15 is 0 Å². The maximum atomic E-state index is 8.85. The second kappa shape index (κ2) is 15.9. The van der Waals surface area contributed by atoms with Gasteiger partial charge in [-0.2, -0.15) is 0 Å². The molecule has 0 N–H and O–H groups in total. The highest BCUT2D eigenvalue weighted by Crippen LogP contribution is 2.44. The minimum Gasteiger partial charge on any atom is -0.496 e. The monoisotopic (exact) mass is 823 g/mol. The number of pyridine rings is 1. The second-order valence-electron chi connectivity index (χ2n) is 19.6. The lowest BCUT2D eigenvalue weighted by molar-refractivity contribution is 0.413. The van der Waals surface area contributed by atoms with Gasteiger partial charge >= 0.3 is 0 Å². The Hall–Kier alpha value is -6.26. The Morgan fingerprint density at radius 3 is 1.90 bits per heavy atom. The molecule has 0 radical (unpaired) electrons. The smallest absolute Gasteiger partial charge is 0.149 e. The van der Waals surface area contributed by atoms with Gasteiger partial charge in [0.2, 0.25) is 0 Å². The summed E-state index contributed by atoms with van der Waals surface area (Å²) in [5.41, 5.74) is 13.8. The lowest BCUT2D eigenvalue weighted by Gasteiger charge is -2.24. The summed E-state index contributed by atoms with van der Waals surface area (Å²) in [4.78, 5) is 10.5. The standard InChI is InChI=1S/C58H61N3O/c1-36-17-19-39(20-18-36)41-27-28-59-50(34-41)43-31-42(32-46(33-43)58(10,11)12)48-15-14-16-51-53(48)60-55(49-30-37(2)29-38(3)54(49)62-13)61(51)52-35-45(57(7,8)9)25-26-47(52)40-21-23-44(24-22-40)56(4,5)6/h14-35H,1-13H3/i1D3,17D,18D,19D,20D. The summed E-state index contributed by atoms with van der Waals surface area (Å²) in [7, 11) is 1.71. The van der Waals surface area contributed by atoms with Gasteiger partial charge in [-0.25, -0.2) is 4.98 Å². The predicted molar refractivity (Wildman–Crippen MR) is 263 cm³/mol. The molecule has 4 nitrogen and oxygen atoms in total. The molecule has 0 spiro atoms. The van der Waals surface area contributed by atoms with E-state index in [1.807, 2.05) is 0 Å². The molecule has 0 unspecified atom stereocenters. The normalized spacial score (nSPS) is 14.1. The molecule has 4 heteroatoms. The Balaban J connectivity index is 1.42. The number of imidazole rings is 1. The summed E-state index contributed by atoms with van der Waals surface area (Å²) in [6.07, 6.45) is 1.59. The molecule has 0 fully saturated rings. The van der Waals surface area contributed by atoms with Crippen LogP contribution < -0.4 is 4.74 Å². The van der Waals surface area contributed by atoms with Crippen molar-refractivity contribution in [3.63, 3.8) is 0 Å². The molecule has 0 bridgehead atoms. The highest BCUT2D eigenvalue weighted by molar-refractivity contribution is 5.98. The van der Waals surface area contributed by atoms with Crippen LogP contribution in [0, 0.1) is 20.7 Å². The number of para-hydroxylation sites is 1. The van der Waals surface area contributed by atoms with Gasteiger partial charge in [-0.3, -0.25) is 9.55 Å². The molecular formula is C58H61N3O. The molecule has 6 aromatic carbocycles. The molecule has 2 heterocycles. The lowest BCUT2D eigenvalue weighted by atomic mass is 9.83. The number of benzene rings is 6. The number of ether oxygens (including phenoxy) is 1. The average molecular weight is 823 g/mol. The third-order valence-electron chi connectivity index (χ3n) is 11.8. The molecule has 8 aromatic rings. The van der Waals surface area contributed by atoms with Gasteiger partial charge in [0.25, 0.3) is 0 Å². The lowest BCUT2D eigenvalue weighted by Crippen LogP contribution is -2.13. The molecule has 0 aliphatic carbocycles. The Bertz CT molecular complexity index is 3280. The molecule has 0 saturated carbocycles. The van der Waals surface area contributed by atoms with Crippen LogP contribution in [0.3, 0.4) is 0 Å². The minimum atomic E-state index is -2.81. The Labute approximate surface area is 379 Å². The predicted octanol–water partition coefficient (Wildman–Crippen LogP) is 15.6. The molecule has 0 amide bonds. The number of fused-ring (bicyclic) bond motifs is 1. The van der Waals surface area contributed by atoms with E-state index in [1.54, 1.807) is 25.4 Å². The van der Waals surface area contributed by atoms with Crippen LogP contribution in [0.2, 0.25) is 0 Å². The van der Waals surface area contributed by atoms with E-state index in [-0.39, 0.29) is 21.8 Å². The zero-order valence-electron chi connectivity index (χ0n) is 45.1. The van der Waals surface area contributed by atoms with Crippen LogP contribution in [0.5, 0.6) is 5.75 Å². The molecule has 8 rings (SSSR count). The number of hydrogen-bond acceptors (Lipinski definition) is 3. The molecule has 0 aliphatic rings. The first kappa shape index (κ1) is 34.3. The fourth-order valence-electron chi connectivity index (χ4n) is 8.29. The van der Waals surface area contributed by atoms with Crippen molar-refractivity contribution in [2.45, 2.75) is 99.3 Å². The molecule has 62 heavy (non-hydrogen) atoms. The third-order valence-corrected chi connectivity index (χ3v) is 11.8. The zero-order chi connectivity index (χ0) is 50.3. The maximum Gasteiger partial charge on any atom is 0.149 e. The van der Waals surface area contributed by atoms with Crippen molar-refractivity contribution in [3.05, 3.63) is 167 Å². The van der Waals surface area contributed by atoms with Gasteiger partial charge in [0, 0.05) is 27.0 Å². The van der Waals surface area contributed by atoms with E-state index in [9.17, 15) is 0 Å². The topological polar surface area (TPSA) is 39.9 Å². The van der Waals surface area contributed by atoms with E-state index < -0.39 is 36.6 Å². The minimum absolute atomic E-state index is 0.00506. The van der Waals surface area contributed by atoms with Gasteiger partial charge in [0.05, 0.1) is 40.6 Å². The molecule has 0 saturated heterocycles. The molecule has 0 aliphatic heterocycles. The summed E-state index contributed by atoms with van der Waals surface area (Å²) in [5, 5.41) is 0. The van der Waals surface area contributed by atoms with Crippen LogP contribution in [0.25, 0.3) is 72.7 Å². The van der Waals surface area contributed by atoms with Gasteiger partial charge < -0.3 is 4.74 Å². The highest BCUT2D eigenvalue weighted by atomic mass is 16.5. The van der Waals surface area contributed by atoms with Crippen molar-refractivity contribution in [1.29, 1.82) is 0 Å². The molecule has 314 valence electrons. The summed E-state index contributed by atoms with van der Waals surface area (Å²) in [6.45, 7) is 21.2. The van der Waals surface area contributed by atoms with Crippen LogP contribution in [0.1, 0.15) is 105 Å². The molecule has 0 atom stereocenters. The third kappa shape index (κ3) is 8.23. The zero-order valence-corrected chi connectivity index (χ0v) is 38.1. The first-order chi connectivity index (χ1) is 32.2. The summed E-state index contributed by atoms with van der Waals surface area (Å²) < 4.78 is 67.2.